The topological polar surface area (TPSA) is 89.6 Å². The van der Waals surface area contributed by atoms with E-state index in [0.717, 1.165) is 10.2 Å². The molecule has 5 rings (SSSR count). The highest BCUT2D eigenvalue weighted by Crippen LogP contribution is 2.43. The number of nitrogens with one attached hydrogen (secondary N) is 1. The average molecular weight is 569 g/mol. The summed E-state index contributed by atoms with van der Waals surface area (Å²) in [5.74, 6) is -0.405. The van der Waals surface area contributed by atoms with Crippen molar-refractivity contribution in [3.63, 3.8) is 0 Å². The van der Waals surface area contributed by atoms with E-state index in [4.69, 9.17) is 20.4 Å². The number of halogens is 2. The first-order valence-electron chi connectivity index (χ1n) is 10.4. The normalized spacial score (nSPS) is 16.8. The van der Waals surface area contributed by atoms with Crippen LogP contribution in [0.1, 0.15) is 5.01 Å². The van der Waals surface area contributed by atoms with E-state index >= 15 is 0 Å². The number of fused-ring (bicyclic) bond motifs is 1. The Labute approximate surface area is 217 Å². The van der Waals surface area contributed by atoms with Crippen LogP contribution in [0.5, 0.6) is 5.75 Å². The highest BCUT2D eigenvalue weighted by molar-refractivity contribution is 9.10. The van der Waals surface area contributed by atoms with Crippen LogP contribution in [0.15, 0.2) is 81.9 Å². The largest absolute Gasteiger partial charge is 0.494 e. The Balaban J connectivity index is 1.57. The maximum Gasteiger partial charge on any atom is 0.244 e. The summed E-state index contributed by atoms with van der Waals surface area (Å²) in [5.41, 5.74) is 8.98. The summed E-state index contributed by atoms with van der Waals surface area (Å²) in [4.78, 5) is 22.7. The Morgan fingerprint density at radius 2 is 1.94 bits per heavy atom. The predicted octanol–water partition coefficient (Wildman–Crippen LogP) is 6.36. The number of thiazole rings is 1. The third-order valence-corrected chi connectivity index (χ3v) is 8.03. The van der Waals surface area contributed by atoms with Gasteiger partial charge in [0.05, 0.1) is 28.6 Å². The zero-order chi connectivity index (χ0) is 24.5. The van der Waals surface area contributed by atoms with Gasteiger partial charge in [-0.1, -0.05) is 52.0 Å². The lowest BCUT2D eigenvalue weighted by molar-refractivity contribution is -0.115. The van der Waals surface area contributed by atoms with Gasteiger partial charge in [0.1, 0.15) is 32.6 Å². The third kappa shape index (κ3) is 4.69. The molecule has 1 aromatic heterocycles. The van der Waals surface area contributed by atoms with Crippen molar-refractivity contribution < 1.29 is 13.9 Å². The molecule has 3 aromatic carbocycles. The van der Waals surface area contributed by atoms with Crippen LogP contribution in [0, 0.1) is 5.82 Å². The number of nitrogens with two attached hydrogens (primary N) is 1. The lowest BCUT2D eigenvalue weighted by atomic mass is 10.1. The standard InChI is InChI=1S/C25H18BrFN4O2S2/c1-33-18-8-4-2-6-16(18)30-25-20(24-31-17-7-3-5-9-19(17)34-24)21(28)22(35-25)23(32)29-15-11-10-13(26)12-14(15)27/h2-12,22H,28H2,1H3,(H,29,32). The van der Waals surface area contributed by atoms with Crippen molar-refractivity contribution >= 4 is 77.1 Å². The summed E-state index contributed by atoms with van der Waals surface area (Å²) in [6.07, 6.45) is 0. The van der Waals surface area contributed by atoms with Crippen LogP contribution >= 0.6 is 39.0 Å². The van der Waals surface area contributed by atoms with Crippen LogP contribution in [-0.2, 0) is 4.79 Å². The van der Waals surface area contributed by atoms with E-state index in [1.54, 1.807) is 13.2 Å². The molecular weight excluding hydrogens is 551 g/mol. The molecule has 0 saturated carbocycles. The van der Waals surface area contributed by atoms with Gasteiger partial charge in [-0.15, -0.1) is 11.3 Å². The Bertz CT molecular complexity index is 1490. The number of hydrogen-bond acceptors (Lipinski definition) is 7. The van der Waals surface area contributed by atoms with Gasteiger partial charge >= 0.3 is 0 Å². The Hall–Kier alpha value is -3.21. The van der Waals surface area contributed by atoms with Crippen LogP contribution in [-0.4, -0.2) is 28.3 Å². The Morgan fingerprint density at radius 1 is 1.17 bits per heavy atom. The summed E-state index contributed by atoms with van der Waals surface area (Å²) < 4.78 is 21.4. The average Bonchev–Trinajstić information content (AvgIpc) is 3.41. The molecule has 35 heavy (non-hydrogen) atoms. The van der Waals surface area contributed by atoms with Crippen LogP contribution in [0.25, 0.3) is 15.8 Å². The smallest absolute Gasteiger partial charge is 0.244 e. The minimum Gasteiger partial charge on any atom is -0.494 e. The number of hydrogen-bond donors (Lipinski definition) is 2. The van der Waals surface area contributed by atoms with E-state index in [1.807, 2.05) is 48.5 Å². The molecule has 0 radical (unpaired) electrons. The number of aromatic nitrogens is 1. The van der Waals surface area contributed by atoms with Gasteiger partial charge in [-0.2, -0.15) is 0 Å². The predicted molar refractivity (Wildman–Crippen MR) is 145 cm³/mol. The number of methoxy groups -OCH3 is 1. The van der Waals surface area contributed by atoms with Crippen LogP contribution in [0.3, 0.4) is 0 Å². The summed E-state index contributed by atoms with van der Waals surface area (Å²) in [6, 6.07) is 19.5. The highest BCUT2D eigenvalue weighted by atomic mass is 79.9. The highest BCUT2D eigenvalue weighted by Gasteiger charge is 2.37. The van der Waals surface area contributed by atoms with Crippen molar-refractivity contribution in [2.75, 3.05) is 12.4 Å². The van der Waals surface area contributed by atoms with Gasteiger partial charge in [0.25, 0.3) is 0 Å². The molecule has 1 aliphatic rings. The maximum absolute atomic E-state index is 14.4. The van der Waals surface area contributed by atoms with Crippen molar-refractivity contribution in [1.29, 1.82) is 0 Å². The van der Waals surface area contributed by atoms with Gasteiger partial charge in [-0.05, 0) is 42.5 Å². The number of amides is 1. The first kappa shape index (κ1) is 23.5. The molecule has 3 N–H and O–H groups in total. The molecule has 1 unspecified atom stereocenters. The van der Waals surface area contributed by atoms with Crippen molar-refractivity contribution in [2.45, 2.75) is 5.25 Å². The monoisotopic (exact) mass is 568 g/mol. The van der Waals surface area contributed by atoms with Gasteiger partial charge < -0.3 is 15.8 Å². The van der Waals surface area contributed by atoms with Crippen molar-refractivity contribution in [2.24, 2.45) is 10.7 Å². The molecule has 6 nitrogen and oxygen atoms in total. The number of nitrogens with zero attached hydrogens (tertiary/aromatic N) is 2. The fourth-order valence-electron chi connectivity index (χ4n) is 3.58. The number of anilines is 1. The molecule has 0 spiro atoms. The summed E-state index contributed by atoms with van der Waals surface area (Å²) in [5, 5.41) is 3.04. The molecule has 0 fully saturated rings. The van der Waals surface area contributed by atoms with E-state index in [9.17, 15) is 9.18 Å². The number of carbonyl (C=O) groups is 1. The second-order valence-corrected chi connectivity index (χ2v) is 10.6. The molecule has 1 amide bonds. The van der Waals surface area contributed by atoms with E-state index < -0.39 is 17.0 Å². The number of benzene rings is 3. The van der Waals surface area contributed by atoms with Crippen molar-refractivity contribution in [3.05, 3.63) is 87.7 Å². The van der Waals surface area contributed by atoms with Gasteiger partial charge in [-0.3, -0.25) is 4.79 Å². The van der Waals surface area contributed by atoms with Crippen molar-refractivity contribution in [1.82, 2.24) is 4.98 Å². The van der Waals surface area contributed by atoms with E-state index in [2.05, 4.69) is 21.2 Å². The zero-order valence-electron chi connectivity index (χ0n) is 18.3. The van der Waals surface area contributed by atoms with E-state index in [1.165, 1.54) is 35.2 Å². The zero-order valence-corrected chi connectivity index (χ0v) is 21.5. The van der Waals surface area contributed by atoms with Crippen LogP contribution < -0.4 is 15.8 Å². The summed E-state index contributed by atoms with van der Waals surface area (Å²) in [7, 11) is 1.57. The molecular formula is C25H18BrFN4O2S2. The number of rotatable bonds is 5. The second kappa shape index (κ2) is 9.80. The van der Waals surface area contributed by atoms with E-state index in [0.29, 0.717) is 37.2 Å². The molecule has 0 aliphatic carbocycles. The quantitative estimate of drug-likeness (QED) is 0.292. The van der Waals surface area contributed by atoms with E-state index in [-0.39, 0.29) is 5.69 Å². The fraction of sp³-hybridized carbons (Fsp3) is 0.0800. The molecule has 1 aliphatic heterocycles. The van der Waals surface area contributed by atoms with Gasteiger partial charge in [-0.25, -0.2) is 14.4 Å². The number of aliphatic imine (C=N–C) groups is 1. The summed E-state index contributed by atoms with van der Waals surface area (Å²) >= 11 is 5.89. The van der Waals surface area contributed by atoms with Crippen LogP contribution in [0.4, 0.5) is 15.8 Å². The molecule has 0 saturated heterocycles. The summed E-state index contributed by atoms with van der Waals surface area (Å²) in [6.45, 7) is 0. The molecule has 2 heterocycles. The first-order valence-corrected chi connectivity index (χ1v) is 12.9. The molecule has 4 aromatic rings. The fourth-order valence-corrected chi connectivity index (χ4v) is 6.13. The number of para-hydroxylation sites is 3. The van der Waals surface area contributed by atoms with Gasteiger partial charge in [0.2, 0.25) is 5.91 Å². The third-order valence-electron chi connectivity index (χ3n) is 5.26. The van der Waals surface area contributed by atoms with Gasteiger partial charge in [0, 0.05) is 10.2 Å². The number of ether oxygens (including phenoxy) is 1. The number of carbonyl (C=O) groups excluding carboxylic acids is 1. The minimum atomic E-state index is -0.812. The van der Waals surface area contributed by atoms with Crippen molar-refractivity contribution in [3.8, 4) is 5.75 Å². The number of thioether (sulfide) groups is 1. The maximum atomic E-state index is 14.4. The Morgan fingerprint density at radius 3 is 2.71 bits per heavy atom. The Kier molecular flexibility index (Phi) is 6.59. The SMILES string of the molecule is COc1ccccc1N=C1SC(C(=O)Nc2ccc(Br)cc2F)C(N)=C1c1nc2ccccc2s1. The molecule has 10 heteroatoms. The van der Waals surface area contributed by atoms with Crippen LogP contribution in [0.2, 0.25) is 0 Å². The first-order chi connectivity index (χ1) is 16.9. The lowest BCUT2D eigenvalue weighted by Gasteiger charge is -2.12. The molecule has 1 atom stereocenters. The second-order valence-electron chi connectivity index (χ2n) is 7.52. The van der Waals surface area contributed by atoms with Gasteiger partial charge in [0.15, 0.2) is 0 Å². The molecule has 176 valence electrons. The molecule has 0 bridgehead atoms. The minimum absolute atomic E-state index is 0.0725. The lowest BCUT2D eigenvalue weighted by Crippen LogP contribution is -2.28.